The van der Waals surface area contributed by atoms with E-state index < -0.39 is 0 Å². The topological polar surface area (TPSA) is 67.3 Å². The molecular weight excluding hydrogens is 170 g/mol. The van der Waals surface area contributed by atoms with Gasteiger partial charge in [0.2, 0.25) is 5.95 Å². The van der Waals surface area contributed by atoms with Gasteiger partial charge in [0.1, 0.15) is 0 Å². The number of ether oxygens (including phenoxy) is 1. The lowest BCUT2D eigenvalue weighted by molar-refractivity contribution is 0.181. The van der Waals surface area contributed by atoms with Crippen molar-refractivity contribution in [3.05, 3.63) is 18.0 Å². The van der Waals surface area contributed by atoms with Crippen LogP contribution in [0.15, 0.2) is 12.3 Å². The van der Waals surface area contributed by atoms with E-state index in [0.29, 0.717) is 19.1 Å². The summed E-state index contributed by atoms with van der Waals surface area (Å²) in [5.74, 6) is 0.517. The minimum Gasteiger partial charge on any atom is -0.395 e. The first-order valence-electron chi connectivity index (χ1n) is 4.02. The molecule has 0 amide bonds. The van der Waals surface area contributed by atoms with Crippen molar-refractivity contribution in [1.82, 2.24) is 9.97 Å². The second-order valence-corrected chi connectivity index (χ2v) is 2.45. The minimum atomic E-state index is 0.0673. The molecule has 0 saturated heterocycles. The van der Waals surface area contributed by atoms with E-state index in [1.807, 2.05) is 0 Å². The van der Waals surface area contributed by atoms with E-state index in [1.165, 1.54) is 0 Å². The van der Waals surface area contributed by atoms with Crippen molar-refractivity contribution in [2.75, 3.05) is 25.6 Å². The highest BCUT2D eigenvalue weighted by molar-refractivity contribution is 5.24. The van der Waals surface area contributed by atoms with Gasteiger partial charge in [-0.3, -0.25) is 0 Å². The molecule has 72 valence electrons. The van der Waals surface area contributed by atoms with Crippen LogP contribution >= 0.6 is 0 Å². The van der Waals surface area contributed by atoms with E-state index in [0.717, 1.165) is 5.69 Å². The summed E-state index contributed by atoms with van der Waals surface area (Å²) in [6.45, 7) is 0.991. The van der Waals surface area contributed by atoms with Gasteiger partial charge in [-0.05, 0) is 6.07 Å². The molecule has 0 aliphatic carbocycles. The Morgan fingerprint density at radius 2 is 2.46 bits per heavy atom. The Bertz CT molecular complexity index is 255. The van der Waals surface area contributed by atoms with E-state index in [1.54, 1.807) is 19.4 Å². The molecule has 0 aliphatic rings. The van der Waals surface area contributed by atoms with Crippen molar-refractivity contribution in [1.29, 1.82) is 0 Å². The molecule has 5 heteroatoms. The molecule has 0 bridgehead atoms. The maximum atomic E-state index is 8.56. The van der Waals surface area contributed by atoms with Gasteiger partial charge < -0.3 is 15.2 Å². The number of aliphatic hydroxyl groups excluding tert-OH is 1. The number of nitrogens with zero attached hydrogens (tertiary/aromatic N) is 2. The normalized spacial score (nSPS) is 10.0. The Morgan fingerprint density at radius 3 is 3.15 bits per heavy atom. The number of anilines is 1. The van der Waals surface area contributed by atoms with Gasteiger partial charge in [0.05, 0.1) is 18.9 Å². The van der Waals surface area contributed by atoms with Crippen LogP contribution in [-0.4, -0.2) is 35.3 Å². The third-order valence-corrected chi connectivity index (χ3v) is 1.40. The fourth-order valence-corrected chi connectivity index (χ4v) is 0.877. The van der Waals surface area contributed by atoms with Crippen molar-refractivity contribution in [3.8, 4) is 0 Å². The van der Waals surface area contributed by atoms with E-state index in [-0.39, 0.29) is 6.61 Å². The summed E-state index contributed by atoms with van der Waals surface area (Å²) in [6.07, 6.45) is 1.65. The number of aliphatic hydroxyl groups is 1. The lowest BCUT2D eigenvalue weighted by atomic mass is 10.4. The van der Waals surface area contributed by atoms with E-state index in [2.05, 4.69) is 15.3 Å². The highest BCUT2D eigenvalue weighted by Crippen LogP contribution is 2.00. The molecular formula is C8H13N3O2. The number of hydrogen-bond acceptors (Lipinski definition) is 5. The number of hydrogen-bond donors (Lipinski definition) is 2. The Morgan fingerprint density at radius 1 is 1.62 bits per heavy atom. The second-order valence-electron chi connectivity index (χ2n) is 2.45. The van der Waals surface area contributed by atoms with E-state index in [9.17, 15) is 0 Å². The number of rotatable bonds is 5. The molecule has 0 saturated carbocycles. The summed E-state index contributed by atoms with van der Waals surface area (Å²) in [5.41, 5.74) is 0.818. The van der Waals surface area contributed by atoms with Gasteiger partial charge in [0, 0.05) is 19.9 Å². The predicted molar refractivity (Wildman–Crippen MR) is 48.3 cm³/mol. The molecule has 5 nitrogen and oxygen atoms in total. The summed E-state index contributed by atoms with van der Waals surface area (Å²) in [7, 11) is 1.61. The SMILES string of the molecule is COCc1ccnc(NCCO)n1. The van der Waals surface area contributed by atoms with Gasteiger partial charge in [-0.1, -0.05) is 0 Å². The zero-order valence-electron chi connectivity index (χ0n) is 7.53. The standard InChI is InChI=1S/C8H13N3O2/c1-13-6-7-2-3-9-8(11-7)10-4-5-12/h2-3,12H,4-6H2,1H3,(H,9,10,11). The summed E-state index contributed by atoms with van der Waals surface area (Å²) >= 11 is 0. The summed E-state index contributed by atoms with van der Waals surface area (Å²) in [6, 6.07) is 1.79. The molecule has 1 aromatic rings. The first kappa shape index (κ1) is 9.88. The largest absolute Gasteiger partial charge is 0.395 e. The molecule has 0 fully saturated rings. The monoisotopic (exact) mass is 183 g/mol. The average Bonchev–Trinajstić information content (AvgIpc) is 2.16. The number of nitrogens with one attached hydrogen (secondary N) is 1. The third-order valence-electron chi connectivity index (χ3n) is 1.40. The molecule has 0 spiro atoms. The molecule has 0 unspecified atom stereocenters. The van der Waals surface area contributed by atoms with Gasteiger partial charge in [0.15, 0.2) is 0 Å². The quantitative estimate of drug-likeness (QED) is 0.674. The van der Waals surface area contributed by atoms with Gasteiger partial charge in [-0.25, -0.2) is 9.97 Å². The fourth-order valence-electron chi connectivity index (χ4n) is 0.877. The van der Waals surface area contributed by atoms with E-state index >= 15 is 0 Å². The molecule has 1 heterocycles. The van der Waals surface area contributed by atoms with Crippen molar-refractivity contribution < 1.29 is 9.84 Å². The van der Waals surface area contributed by atoms with Crippen LogP contribution in [0.25, 0.3) is 0 Å². The molecule has 0 aliphatic heterocycles. The van der Waals surface area contributed by atoms with Crippen LogP contribution in [-0.2, 0) is 11.3 Å². The Labute approximate surface area is 76.8 Å². The number of methoxy groups -OCH3 is 1. The van der Waals surface area contributed by atoms with Gasteiger partial charge in [-0.2, -0.15) is 0 Å². The number of aromatic nitrogens is 2. The Balaban J connectivity index is 2.56. The zero-order chi connectivity index (χ0) is 9.52. The van der Waals surface area contributed by atoms with E-state index in [4.69, 9.17) is 9.84 Å². The predicted octanol–water partition coefficient (Wildman–Crippen LogP) is 0.0272. The zero-order valence-corrected chi connectivity index (χ0v) is 7.53. The van der Waals surface area contributed by atoms with Crippen LogP contribution in [0.3, 0.4) is 0 Å². The maximum absolute atomic E-state index is 8.56. The minimum absolute atomic E-state index is 0.0673. The van der Waals surface area contributed by atoms with Crippen molar-refractivity contribution in [2.45, 2.75) is 6.61 Å². The summed E-state index contributed by atoms with van der Waals surface area (Å²) in [5, 5.41) is 11.4. The molecule has 13 heavy (non-hydrogen) atoms. The highest BCUT2D eigenvalue weighted by atomic mass is 16.5. The van der Waals surface area contributed by atoms with Crippen molar-refractivity contribution >= 4 is 5.95 Å². The van der Waals surface area contributed by atoms with Crippen LogP contribution in [0.1, 0.15) is 5.69 Å². The maximum Gasteiger partial charge on any atom is 0.223 e. The molecule has 1 rings (SSSR count). The highest BCUT2D eigenvalue weighted by Gasteiger charge is 1.96. The van der Waals surface area contributed by atoms with Gasteiger partial charge >= 0.3 is 0 Å². The van der Waals surface area contributed by atoms with Crippen LogP contribution in [0.4, 0.5) is 5.95 Å². The van der Waals surface area contributed by atoms with Gasteiger partial charge in [0.25, 0.3) is 0 Å². The van der Waals surface area contributed by atoms with Gasteiger partial charge in [-0.15, -0.1) is 0 Å². The molecule has 2 N–H and O–H groups in total. The Hall–Kier alpha value is -1.20. The van der Waals surface area contributed by atoms with Crippen molar-refractivity contribution in [3.63, 3.8) is 0 Å². The van der Waals surface area contributed by atoms with Crippen molar-refractivity contribution in [2.24, 2.45) is 0 Å². The summed E-state index contributed by atoms with van der Waals surface area (Å²) < 4.78 is 4.92. The lowest BCUT2D eigenvalue weighted by Gasteiger charge is -2.03. The Kier molecular flexibility index (Phi) is 4.14. The first-order chi connectivity index (χ1) is 6.36. The lowest BCUT2D eigenvalue weighted by Crippen LogP contribution is -2.09. The van der Waals surface area contributed by atoms with Crippen LogP contribution in [0.5, 0.6) is 0 Å². The third kappa shape index (κ3) is 3.35. The second kappa shape index (κ2) is 5.45. The molecule has 0 aromatic carbocycles. The molecule has 1 aromatic heterocycles. The summed E-state index contributed by atoms with van der Waals surface area (Å²) in [4.78, 5) is 8.11. The van der Waals surface area contributed by atoms with Crippen LogP contribution < -0.4 is 5.32 Å². The smallest absolute Gasteiger partial charge is 0.223 e. The molecule has 0 atom stereocenters. The molecule has 0 radical (unpaired) electrons. The first-order valence-corrected chi connectivity index (χ1v) is 4.02. The fraction of sp³-hybridized carbons (Fsp3) is 0.500. The average molecular weight is 183 g/mol. The van der Waals surface area contributed by atoms with Crippen LogP contribution in [0, 0.1) is 0 Å². The van der Waals surface area contributed by atoms with Crippen LogP contribution in [0.2, 0.25) is 0 Å².